The average Bonchev–Trinajstić information content (AvgIpc) is 2.62. The molecule has 3 rings (SSSR count). The number of ether oxygens (including phenoxy) is 1. The number of aryl methyl sites for hydroxylation is 1. The second kappa shape index (κ2) is 9.58. The number of hydrogen-bond donors (Lipinski definition) is 2. The van der Waals surface area contributed by atoms with Crippen LogP contribution in [0.3, 0.4) is 0 Å². The van der Waals surface area contributed by atoms with Crippen molar-refractivity contribution in [2.75, 3.05) is 39.4 Å². The van der Waals surface area contributed by atoms with Crippen molar-refractivity contribution in [3.05, 3.63) is 38.7 Å². The lowest BCUT2D eigenvalue weighted by atomic mass is 10.0. The summed E-state index contributed by atoms with van der Waals surface area (Å²) in [5.74, 6) is -0.0376. The molecular formula is C18H24Cl2N2O4. The minimum absolute atomic E-state index is 0. The summed E-state index contributed by atoms with van der Waals surface area (Å²) in [4.78, 5) is 14.1. The van der Waals surface area contributed by atoms with Gasteiger partial charge in [0, 0.05) is 44.2 Å². The first kappa shape index (κ1) is 21.0. The number of phenols is 1. The van der Waals surface area contributed by atoms with Gasteiger partial charge >= 0.3 is 5.63 Å². The number of aromatic hydroxyl groups is 1. The van der Waals surface area contributed by atoms with Crippen molar-refractivity contribution < 1.29 is 14.3 Å². The molecule has 2 aromatic rings. The molecule has 144 valence electrons. The third-order valence-electron chi connectivity index (χ3n) is 4.53. The summed E-state index contributed by atoms with van der Waals surface area (Å²) in [5.41, 5.74) is 1.38. The highest BCUT2D eigenvalue weighted by Gasteiger charge is 2.17. The molecule has 0 bridgehead atoms. The fourth-order valence-corrected chi connectivity index (χ4v) is 3.34. The number of benzene rings is 1. The van der Waals surface area contributed by atoms with E-state index in [2.05, 4.69) is 10.2 Å². The average molecular weight is 403 g/mol. The Morgan fingerprint density at radius 3 is 2.73 bits per heavy atom. The Balaban J connectivity index is 0.00000243. The zero-order chi connectivity index (χ0) is 17.8. The van der Waals surface area contributed by atoms with Crippen molar-refractivity contribution in [1.29, 1.82) is 0 Å². The number of phenolic OH excluding ortho intramolecular Hbond substituents is 1. The van der Waals surface area contributed by atoms with Gasteiger partial charge < -0.3 is 19.6 Å². The largest absolute Gasteiger partial charge is 0.506 e. The predicted molar refractivity (Wildman–Crippen MR) is 105 cm³/mol. The summed E-state index contributed by atoms with van der Waals surface area (Å²) in [5, 5.41) is 14.7. The third-order valence-corrected chi connectivity index (χ3v) is 4.82. The summed E-state index contributed by atoms with van der Waals surface area (Å²) in [6.45, 7) is 7.40. The van der Waals surface area contributed by atoms with Gasteiger partial charge in [-0.2, -0.15) is 0 Å². The van der Waals surface area contributed by atoms with E-state index >= 15 is 0 Å². The normalized spacial score (nSPS) is 15.2. The van der Waals surface area contributed by atoms with E-state index in [-0.39, 0.29) is 23.2 Å². The number of nitrogens with zero attached hydrogens (tertiary/aromatic N) is 1. The maximum Gasteiger partial charge on any atom is 0.336 e. The fraction of sp³-hybridized carbons (Fsp3) is 0.500. The van der Waals surface area contributed by atoms with Crippen molar-refractivity contribution >= 4 is 35.0 Å². The minimum atomic E-state index is -0.416. The van der Waals surface area contributed by atoms with E-state index < -0.39 is 5.63 Å². The van der Waals surface area contributed by atoms with E-state index in [0.717, 1.165) is 50.3 Å². The number of morpholine rings is 1. The predicted octanol–water partition coefficient (Wildman–Crippen LogP) is 2.56. The van der Waals surface area contributed by atoms with E-state index in [1.54, 1.807) is 6.07 Å². The van der Waals surface area contributed by atoms with E-state index in [1.165, 1.54) is 6.07 Å². The first-order valence-corrected chi connectivity index (χ1v) is 8.95. The van der Waals surface area contributed by atoms with Gasteiger partial charge in [0.2, 0.25) is 0 Å². The zero-order valence-electron chi connectivity index (χ0n) is 14.7. The van der Waals surface area contributed by atoms with Gasteiger partial charge in [-0.25, -0.2) is 4.79 Å². The summed E-state index contributed by atoms with van der Waals surface area (Å²) < 4.78 is 10.7. The van der Waals surface area contributed by atoms with Crippen LogP contribution in [0.2, 0.25) is 5.02 Å². The Bertz CT molecular complexity index is 804. The van der Waals surface area contributed by atoms with Gasteiger partial charge in [-0.15, -0.1) is 12.4 Å². The Labute approximate surface area is 163 Å². The lowest BCUT2D eigenvalue weighted by Gasteiger charge is -2.26. The van der Waals surface area contributed by atoms with Gasteiger partial charge in [0.15, 0.2) is 0 Å². The SMILES string of the molecule is CCc1cc(=O)oc2c(CNCCN3CCOCC3)c(O)c(Cl)cc12.Cl. The lowest BCUT2D eigenvalue weighted by molar-refractivity contribution is 0.0384. The highest BCUT2D eigenvalue weighted by atomic mass is 35.5. The number of halogens is 2. The van der Waals surface area contributed by atoms with Gasteiger partial charge in [-0.3, -0.25) is 4.90 Å². The highest BCUT2D eigenvalue weighted by Crippen LogP contribution is 2.35. The molecule has 1 saturated heterocycles. The molecule has 6 nitrogen and oxygen atoms in total. The fourth-order valence-electron chi connectivity index (χ4n) is 3.11. The van der Waals surface area contributed by atoms with Crippen molar-refractivity contribution in [1.82, 2.24) is 10.2 Å². The zero-order valence-corrected chi connectivity index (χ0v) is 16.3. The molecule has 0 spiro atoms. The molecule has 2 N–H and O–H groups in total. The van der Waals surface area contributed by atoms with Crippen LogP contribution in [0.5, 0.6) is 5.75 Å². The molecule has 0 unspecified atom stereocenters. The molecule has 8 heteroatoms. The molecule has 1 fully saturated rings. The summed E-state index contributed by atoms with van der Waals surface area (Å²) in [7, 11) is 0. The van der Waals surface area contributed by atoms with Gasteiger partial charge in [-0.1, -0.05) is 18.5 Å². The summed E-state index contributed by atoms with van der Waals surface area (Å²) in [6.07, 6.45) is 0.688. The minimum Gasteiger partial charge on any atom is -0.506 e. The van der Waals surface area contributed by atoms with E-state index in [9.17, 15) is 9.90 Å². The molecule has 0 atom stereocenters. The monoisotopic (exact) mass is 402 g/mol. The first-order chi connectivity index (χ1) is 12.1. The molecule has 0 aliphatic carbocycles. The molecule has 26 heavy (non-hydrogen) atoms. The number of hydrogen-bond acceptors (Lipinski definition) is 6. The van der Waals surface area contributed by atoms with Crippen LogP contribution in [0.1, 0.15) is 18.1 Å². The van der Waals surface area contributed by atoms with E-state index in [0.29, 0.717) is 24.1 Å². The smallest absolute Gasteiger partial charge is 0.336 e. The standard InChI is InChI=1S/C18H23ClN2O4.ClH/c1-2-12-9-16(22)25-18-13(12)10-15(19)17(23)14(18)11-20-3-4-21-5-7-24-8-6-21;/h9-10,20,23H,2-8,11H2,1H3;1H. The molecule has 0 radical (unpaired) electrons. The lowest BCUT2D eigenvalue weighted by Crippen LogP contribution is -2.40. The molecule has 1 aliphatic heterocycles. The summed E-state index contributed by atoms with van der Waals surface area (Å²) >= 11 is 6.18. The topological polar surface area (TPSA) is 74.9 Å². The molecule has 1 aromatic carbocycles. The van der Waals surface area contributed by atoms with E-state index in [1.807, 2.05) is 6.92 Å². The molecule has 1 aliphatic rings. The van der Waals surface area contributed by atoms with Gasteiger partial charge in [0.1, 0.15) is 11.3 Å². The van der Waals surface area contributed by atoms with Crippen molar-refractivity contribution in [3.8, 4) is 5.75 Å². The Morgan fingerprint density at radius 2 is 2.04 bits per heavy atom. The van der Waals surface area contributed by atoms with Gasteiger partial charge in [-0.05, 0) is 18.1 Å². The van der Waals surface area contributed by atoms with Crippen LogP contribution in [0.4, 0.5) is 0 Å². The number of fused-ring (bicyclic) bond motifs is 1. The highest BCUT2D eigenvalue weighted by molar-refractivity contribution is 6.33. The van der Waals surface area contributed by atoms with Crippen LogP contribution >= 0.6 is 24.0 Å². The Kier molecular flexibility index (Phi) is 7.73. The third kappa shape index (κ3) is 4.69. The Hall–Kier alpha value is -1.31. The molecule has 0 amide bonds. The number of rotatable bonds is 6. The van der Waals surface area contributed by atoms with Crippen LogP contribution in [-0.2, 0) is 17.7 Å². The van der Waals surface area contributed by atoms with Crippen LogP contribution in [-0.4, -0.2) is 49.4 Å². The summed E-state index contributed by atoms with van der Waals surface area (Å²) in [6, 6.07) is 3.14. The van der Waals surface area contributed by atoms with E-state index in [4.69, 9.17) is 20.8 Å². The Morgan fingerprint density at radius 1 is 1.31 bits per heavy atom. The molecular weight excluding hydrogens is 379 g/mol. The van der Waals surface area contributed by atoms with Crippen molar-refractivity contribution in [2.45, 2.75) is 19.9 Å². The van der Waals surface area contributed by atoms with Crippen LogP contribution in [0, 0.1) is 0 Å². The second-order valence-electron chi connectivity index (χ2n) is 6.14. The van der Waals surface area contributed by atoms with Gasteiger partial charge in [0.05, 0.1) is 23.8 Å². The van der Waals surface area contributed by atoms with Crippen molar-refractivity contribution in [3.63, 3.8) is 0 Å². The van der Waals surface area contributed by atoms with Crippen molar-refractivity contribution in [2.24, 2.45) is 0 Å². The second-order valence-corrected chi connectivity index (χ2v) is 6.54. The number of nitrogens with one attached hydrogen (secondary N) is 1. The molecule has 1 aromatic heterocycles. The quantitative estimate of drug-likeness (QED) is 0.571. The van der Waals surface area contributed by atoms with Gasteiger partial charge in [0.25, 0.3) is 0 Å². The first-order valence-electron chi connectivity index (χ1n) is 8.58. The molecule has 0 saturated carbocycles. The van der Waals surface area contributed by atoms with Crippen LogP contribution in [0.15, 0.2) is 21.3 Å². The molecule has 2 heterocycles. The van der Waals surface area contributed by atoms with Crippen LogP contribution < -0.4 is 10.9 Å². The maximum atomic E-state index is 11.8. The van der Waals surface area contributed by atoms with Crippen LogP contribution in [0.25, 0.3) is 11.0 Å². The maximum absolute atomic E-state index is 11.8.